The Hall–Kier alpha value is -1.39. The van der Waals surface area contributed by atoms with E-state index < -0.39 is 11.1 Å². The highest BCUT2D eigenvalue weighted by Gasteiger charge is 2.34. The van der Waals surface area contributed by atoms with Crippen molar-refractivity contribution < 1.29 is 9.90 Å². The van der Waals surface area contributed by atoms with E-state index in [4.69, 9.17) is 10.8 Å². The van der Waals surface area contributed by atoms with Crippen LogP contribution in [-0.4, -0.2) is 23.2 Å². The van der Waals surface area contributed by atoms with Crippen LogP contribution in [0.5, 0.6) is 0 Å². The van der Waals surface area contributed by atoms with E-state index in [9.17, 15) is 4.79 Å². The average molecular weight is 264 g/mol. The van der Waals surface area contributed by atoms with Gasteiger partial charge in [0.25, 0.3) is 0 Å². The van der Waals surface area contributed by atoms with Gasteiger partial charge in [-0.2, -0.15) is 0 Å². The van der Waals surface area contributed by atoms with Crippen LogP contribution in [0.4, 0.5) is 0 Å². The maximum Gasteiger partial charge on any atom is 0.244 e. The molecule has 2 unspecified atom stereocenters. The first-order valence-corrected chi connectivity index (χ1v) is 6.63. The second-order valence-electron chi connectivity index (χ2n) is 5.41. The van der Waals surface area contributed by atoms with E-state index in [-0.39, 0.29) is 12.5 Å². The van der Waals surface area contributed by atoms with Crippen LogP contribution in [0.25, 0.3) is 0 Å². The van der Waals surface area contributed by atoms with Crippen molar-refractivity contribution in [2.75, 3.05) is 6.61 Å². The number of hydrogen-bond donors (Lipinski definition) is 3. The summed E-state index contributed by atoms with van der Waals surface area (Å²) in [7, 11) is 0. The van der Waals surface area contributed by atoms with Crippen molar-refractivity contribution in [2.45, 2.75) is 44.7 Å². The van der Waals surface area contributed by atoms with Gasteiger partial charge in [-0.15, -0.1) is 0 Å². The molecule has 106 valence electrons. The fraction of sp³-hybridized carbons (Fsp3) is 0.533. The summed E-state index contributed by atoms with van der Waals surface area (Å²) in [5.74, 6) is -0.225. The van der Waals surface area contributed by atoms with Crippen LogP contribution in [-0.2, 0) is 10.3 Å². The van der Waals surface area contributed by atoms with E-state index in [1.54, 1.807) is 6.92 Å². The number of hydrogen-bond acceptors (Lipinski definition) is 3. The molecule has 0 aliphatic heterocycles. The highest BCUT2D eigenvalue weighted by molar-refractivity contribution is 5.87. The lowest BCUT2D eigenvalue weighted by molar-refractivity contribution is -0.128. The van der Waals surface area contributed by atoms with E-state index in [1.165, 1.54) is 0 Å². The minimum absolute atomic E-state index is 0.0389. The summed E-state index contributed by atoms with van der Waals surface area (Å²) in [6.45, 7) is 5.64. The maximum atomic E-state index is 12.4. The van der Waals surface area contributed by atoms with Crippen LogP contribution in [0.3, 0.4) is 0 Å². The summed E-state index contributed by atoms with van der Waals surface area (Å²) in [6, 6.07) is 9.30. The van der Waals surface area contributed by atoms with E-state index in [0.717, 1.165) is 12.0 Å². The summed E-state index contributed by atoms with van der Waals surface area (Å²) in [6.07, 6.45) is 1.25. The van der Waals surface area contributed by atoms with Gasteiger partial charge < -0.3 is 16.2 Å². The van der Waals surface area contributed by atoms with Gasteiger partial charge in [0.15, 0.2) is 0 Å². The van der Waals surface area contributed by atoms with Crippen LogP contribution >= 0.6 is 0 Å². The number of rotatable bonds is 6. The minimum Gasteiger partial charge on any atom is -0.396 e. The van der Waals surface area contributed by atoms with Crippen molar-refractivity contribution in [1.29, 1.82) is 0 Å². The summed E-state index contributed by atoms with van der Waals surface area (Å²) in [5.41, 5.74) is 5.43. The van der Waals surface area contributed by atoms with E-state index in [0.29, 0.717) is 6.42 Å². The van der Waals surface area contributed by atoms with Gasteiger partial charge >= 0.3 is 0 Å². The molecule has 1 aromatic rings. The lowest BCUT2D eigenvalue weighted by Crippen LogP contribution is -2.56. The van der Waals surface area contributed by atoms with Crippen LogP contribution in [0.15, 0.2) is 30.3 Å². The normalized spacial score (nSPS) is 17.3. The summed E-state index contributed by atoms with van der Waals surface area (Å²) >= 11 is 0. The molecule has 0 bridgehead atoms. The Morgan fingerprint density at radius 2 is 1.89 bits per heavy atom. The molecule has 0 fully saturated rings. The van der Waals surface area contributed by atoms with Gasteiger partial charge in [0.1, 0.15) is 5.54 Å². The molecule has 0 aromatic heterocycles. The predicted molar refractivity (Wildman–Crippen MR) is 76.5 cm³/mol. The van der Waals surface area contributed by atoms with Gasteiger partial charge in [-0.05, 0) is 32.3 Å². The summed E-state index contributed by atoms with van der Waals surface area (Å²) in [5, 5.41) is 12.0. The third kappa shape index (κ3) is 3.78. The standard InChI is InChI=1S/C15H24N2O2/c1-4-14(2,10-11-18)17-13(19)15(3,16)12-8-6-5-7-9-12/h5-9,18H,4,10-11,16H2,1-3H3,(H,17,19). The number of amides is 1. The van der Waals surface area contributed by atoms with Crippen LogP contribution < -0.4 is 11.1 Å². The number of benzene rings is 1. The molecule has 0 spiro atoms. The Morgan fingerprint density at radius 1 is 1.32 bits per heavy atom. The van der Waals surface area contributed by atoms with Crippen molar-refractivity contribution in [3.8, 4) is 0 Å². The molecule has 4 N–H and O–H groups in total. The van der Waals surface area contributed by atoms with Gasteiger partial charge in [-0.3, -0.25) is 4.79 Å². The van der Waals surface area contributed by atoms with Crippen LogP contribution in [0, 0.1) is 0 Å². The van der Waals surface area contributed by atoms with Crippen molar-refractivity contribution in [3.05, 3.63) is 35.9 Å². The Labute approximate surface area is 115 Å². The largest absolute Gasteiger partial charge is 0.396 e. The molecule has 0 saturated carbocycles. The zero-order chi connectivity index (χ0) is 14.5. The average Bonchev–Trinajstić information content (AvgIpc) is 2.40. The number of aliphatic hydroxyl groups is 1. The number of carbonyl (C=O) groups is 1. The molecule has 4 nitrogen and oxygen atoms in total. The Kier molecular flexibility index (Phi) is 5.09. The molecule has 0 radical (unpaired) electrons. The first kappa shape index (κ1) is 15.7. The van der Waals surface area contributed by atoms with Gasteiger partial charge in [0, 0.05) is 12.1 Å². The number of nitrogens with two attached hydrogens (primary N) is 1. The number of aliphatic hydroxyl groups excluding tert-OH is 1. The molecule has 0 aliphatic carbocycles. The Bertz CT molecular complexity index is 417. The SMILES string of the molecule is CCC(C)(CCO)NC(=O)C(C)(N)c1ccccc1. The second-order valence-corrected chi connectivity index (χ2v) is 5.41. The smallest absolute Gasteiger partial charge is 0.244 e. The molecule has 0 aliphatic rings. The van der Waals surface area contributed by atoms with E-state index in [1.807, 2.05) is 44.2 Å². The third-order valence-corrected chi connectivity index (χ3v) is 3.70. The predicted octanol–water partition coefficient (Wildman–Crippen LogP) is 1.53. The quantitative estimate of drug-likeness (QED) is 0.729. The molecular formula is C15H24N2O2. The topological polar surface area (TPSA) is 75.3 Å². The number of carbonyl (C=O) groups excluding carboxylic acids is 1. The summed E-state index contributed by atoms with van der Waals surface area (Å²) in [4.78, 5) is 12.4. The van der Waals surface area contributed by atoms with Gasteiger partial charge in [0.2, 0.25) is 5.91 Å². The lowest BCUT2D eigenvalue weighted by atomic mass is 9.88. The highest BCUT2D eigenvalue weighted by Crippen LogP contribution is 2.21. The van der Waals surface area contributed by atoms with E-state index >= 15 is 0 Å². The van der Waals surface area contributed by atoms with Crippen LogP contribution in [0.1, 0.15) is 39.2 Å². The Balaban J connectivity index is 2.88. The van der Waals surface area contributed by atoms with Gasteiger partial charge in [0.05, 0.1) is 0 Å². The second kappa shape index (κ2) is 6.17. The van der Waals surface area contributed by atoms with Gasteiger partial charge in [-0.1, -0.05) is 37.3 Å². The molecular weight excluding hydrogens is 240 g/mol. The van der Waals surface area contributed by atoms with Crippen molar-refractivity contribution >= 4 is 5.91 Å². The van der Waals surface area contributed by atoms with Gasteiger partial charge in [-0.25, -0.2) is 0 Å². The van der Waals surface area contributed by atoms with Crippen molar-refractivity contribution in [1.82, 2.24) is 5.32 Å². The lowest BCUT2D eigenvalue weighted by Gasteiger charge is -2.34. The molecule has 1 amide bonds. The zero-order valence-electron chi connectivity index (χ0n) is 11.9. The van der Waals surface area contributed by atoms with Crippen molar-refractivity contribution in [2.24, 2.45) is 5.73 Å². The minimum atomic E-state index is -1.08. The third-order valence-electron chi connectivity index (χ3n) is 3.70. The fourth-order valence-corrected chi connectivity index (χ4v) is 1.89. The van der Waals surface area contributed by atoms with Crippen LogP contribution in [0.2, 0.25) is 0 Å². The maximum absolute atomic E-state index is 12.4. The Morgan fingerprint density at radius 3 is 2.37 bits per heavy atom. The highest BCUT2D eigenvalue weighted by atomic mass is 16.3. The molecule has 4 heteroatoms. The molecule has 1 rings (SSSR count). The summed E-state index contributed by atoms with van der Waals surface area (Å²) < 4.78 is 0. The molecule has 1 aromatic carbocycles. The zero-order valence-corrected chi connectivity index (χ0v) is 11.9. The molecule has 19 heavy (non-hydrogen) atoms. The first-order valence-electron chi connectivity index (χ1n) is 6.63. The molecule has 0 saturated heterocycles. The molecule has 0 heterocycles. The monoisotopic (exact) mass is 264 g/mol. The number of nitrogens with one attached hydrogen (secondary N) is 1. The first-order chi connectivity index (χ1) is 8.85. The molecule has 2 atom stereocenters. The van der Waals surface area contributed by atoms with Crippen molar-refractivity contribution in [3.63, 3.8) is 0 Å². The fourth-order valence-electron chi connectivity index (χ4n) is 1.89. The van der Waals surface area contributed by atoms with E-state index in [2.05, 4.69) is 5.32 Å².